The van der Waals surface area contributed by atoms with Gasteiger partial charge in [-0.2, -0.15) is 0 Å². The molecule has 0 aliphatic carbocycles. The summed E-state index contributed by atoms with van der Waals surface area (Å²) in [5.74, 6) is 0.0535. The smallest absolute Gasteiger partial charge is 0.239 e. The van der Waals surface area contributed by atoms with Gasteiger partial charge in [-0.1, -0.05) is 0 Å². The van der Waals surface area contributed by atoms with Crippen LogP contribution >= 0.6 is 12.2 Å². The Morgan fingerprint density at radius 1 is 1.77 bits per heavy atom. The van der Waals surface area contributed by atoms with Crippen LogP contribution in [0.15, 0.2) is 0 Å². The van der Waals surface area contributed by atoms with Gasteiger partial charge in [-0.3, -0.25) is 4.79 Å². The maximum atomic E-state index is 11.2. The molecule has 0 saturated carbocycles. The first kappa shape index (κ1) is 10.2. The predicted octanol–water partition coefficient (Wildman–Crippen LogP) is -0.297. The van der Waals surface area contributed by atoms with E-state index in [1.54, 1.807) is 0 Å². The van der Waals surface area contributed by atoms with Crippen LogP contribution < -0.4 is 10.6 Å². The summed E-state index contributed by atoms with van der Waals surface area (Å²) in [7, 11) is 0. The summed E-state index contributed by atoms with van der Waals surface area (Å²) in [5.41, 5.74) is 0. The molecule has 1 heterocycles. The van der Waals surface area contributed by atoms with E-state index in [4.69, 9.17) is 12.2 Å². The second-order valence-corrected chi connectivity index (χ2v) is 3.35. The molecule has 1 saturated heterocycles. The van der Waals surface area contributed by atoms with Crippen molar-refractivity contribution in [2.75, 3.05) is 26.2 Å². The van der Waals surface area contributed by atoms with Crippen molar-refractivity contribution >= 4 is 23.2 Å². The molecule has 2 N–H and O–H groups in total. The summed E-state index contributed by atoms with van der Waals surface area (Å²) in [5, 5.41) is 6.52. The Balaban J connectivity index is 2.47. The molecular weight excluding hydrogens is 186 g/mol. The third-order valence-electron chi connectivity index (χ3n) is 1.88. The molecule has 5 heteroatoms. The normalized spacial score (nSPS) is 17.6. The highest BCUT2D eigenvalue weighted by molar-refractivity contribution is 7.80. The number of hydrogen-bond acceptors (Lipinski definition) is 2. The van der Waals surface area contributed by atoms with Crippen molar-refractivity contribution in [2.45, 2.75) is 13.3 Å². The number of nitrogens with one attached hydrogen (secondary N) is 2. The van der Waals surface area contributed by atoms with E-state index in [-0.39, 0.29) is 5.91 Å². The molecular formula is C8H15N3OS. The molecule has 1 aliphatic heterocycles. The quantitative estimate of drug-likeness (QED) is 0.572. The number of thiocarbonyl (C=S) groups is 1. The van der Waals surface area contributed by atoms with E-state index >= 15 is 0 Å². The van der Waals surface area contributed by atoms with E-state index in [1.807, 2.05) is 11.8 Å². The number of rotatable bonds is 1. The lowest BCUT2D eigenvalue weighted by atomic mass is 10.4. The van der Waals surface area contributed by atoms with E-state index in [1.165, 1.54) is 0 Å². The summed E-state index contributed by atoms with van der Waals surface area (Å²) >= 11 is 5.12. The minimum Gasteiger partial charge on any atom is -0.363 e. The maximum absolute atomic E-state index is 11.2. The number of nitrogens with zero attached hydrogens (tertiary/aromatic N) is 1. The Morgan fingerprint density at radius 3 is 3.23 bits per heavy atom. The van der Waals surface area contributed by atoms with Crippen molar-refractivity contribution in [3.63, 3.8) is 0 Å². The standard InChI is InChI=1S/C8H15N3OS/c1-2-9-8(13)11-5-3-4-10-7(12)6-11/h2-6H2,1H3,(H,9,13)(H,10,12). The van der Waals surface area contributed by atoms with E-state index in [2.05, 4.69) is 10.6 Å². The topological polar surface area (TPSA) is 44.4 Å². The first-order valence-electron chi connectivity index (χ1n) is 4.53. The molecule has 0 atom stereocenters. The Labute approximate surface area is 83.7 Å². The molecule has 4 nitrogen and oxygen atoms in total. The zero-order valence-electron chi connectivity index (χ0n) is 7.80. The molecule has 1 fully saturated rings. The Kier molecular flexibility index (Phi) is 3.95. The van der Waals surface area contributed by atoms with Crippen molar-refractivity contribution in [1.29, 1.82) is 0 Å². The van der Waals surface area contributed by atoms with Crippen molar-refractivity contribution in [3.05, 3.63) is 0 Å². The first-order valence-corrected chi connectivity index (χ1v) is 4.94. The molecule has 0 spiro atoms. The van der Waals surface area contributed by atoms with Gasteiger partial charge >= 0.3 is 0 Å². The fourth-order valence-corrected chi connectivity index (χ4v) is 1.54. The van der Waals surface area contributed by atoms with Gasteiger partial charge in [-0.25, -0.2) is 0 Å². The molecule has 0 aromatic rings. The van der Waals surface area contributed by atoms with Crippen molar-refractivity contribution in [2.24, 2.45) is 0 Å². The van der Waals surface area contributed by atoms with E-state index in [0.29, 0.717) is 11.7 Å². The zero-order valence-corrected chi connectivity index (χ0v) is 8.62. The van der Waals surface area contributed by atoms with Crippen molar-refractivity contribution in [1.82, 2.24) is 15.5 Å². The summed E-state index contributed by atoms with van der Waals surface area (Å²) in [6.45, 7) is 4.78. The Hall–Kier alpha value is -0.840. The van der Waals surface area contributed by atoms with Crippen LogP contribution in [-0.2, 0) is 4.79 Å². The maximum Gasteiger partial charge on any atom is 0.239 e. The lowest BCUT2D eigenvalue weighted by molar-refractivity contribution is -0.120. The van der Waals surface area contributed by atoms with Gasteiger partial charge in [0.1, 0.15) is 0 Å². The van der Waals surface area contributed by atoms with Crippen molar-refractivity contribution < 1.29 is 4.79 Å². The summed E-state index contributed by atoms with van der Waals surface area (Å²) < 4.78 is 0. The van der Waals surface area contributed by atoms with Crippen LogP contribution in [0.4, 0.5) is 0 Å². The predicted molar refractivity (Wildman–Crippen MR) is 55.5 cm³/mol. The van der Waals surface area contributed by atoms with Crippen LogP contribution in [-0.4, -0.2) is 42.1 Å². The minimum absolute atomic E-state index is 0.0535. The van der Waals surface area contributed by atoms with Gasteiger partial charge in [-0.05, 0) is 25.6 Å². The molecule has 0 aromatic heterocycles. The van der Waals surface area contributed by atoms with Crippen LogP contribution in [0.2, 0.25) is 0 Å². The molecule has 74 valence electrons. The molecule has 1 amide bonds. The second kappa shape index (κ2) is 5.01. The van der Waals surface area contributed by atoms with Gasteiger partial charge in [0.2, 0.25) is 5.91 Å². The van der Waals surface area contributed by atoms with Crippen LogP contribution in [0.3, 0.4) is 0 Å². The molecule has 0 unspecified atom stereocenters. The van der Waals surface area contributed by atoms with Gasteiger partial charge in [0.15, 0.2) is 5.11 Å². The number of carbonyl (C=O) groups is 1. The third kappa shape index (κ3) is 3.18. The van der Waals surface area contributed by atoms with E-state index in [9.17, 15) is 4.79 Å². The van der Waals surface area contributed by atoms with Crippen molar-refractivity contribution in [3.8, 4) is 0 Å². The van der Waals surface area contributed by atoms with Crippen LogP contribution in [0.1, 0.15) is 13.3 Å². The van der Waals surface area contributed by atoms with Gasteiger partial charge in [-0.15, -0.1) is 0 Å². The van der Waals surface area contributed by atoms with Crippen LogP contribution in [0.25, 0.3) is 0 Å². The SMILES string of the molecule is CCNC(=S)N1CCCNC(=O)C1. The highest BCUT2D eigenvalue weighted by atomic mass is 32.1. The average molecular weight is 201 g/mol. The molecule has 13 heavy (non-hydrogen) atoms. The third-order valence-corrected chi connectivity index (χ3v) is 2.28. The molecule has 1 rings (SSSR count). The lowest BCUT2D eigenvalue weighted by Crippen LogP contribution is -2.43. The largest absolute Gasteiger partial charge is 0.363 e. The van der Waals surface area contributed by atoms with E-state index in [0.717, 1.165) is 26.1 Å². The summed E-state index contributed by atoms with van der Waals surface area (Å²) in [6.07, 6.45) is 0.956. The Morgan fingerprint density at radius 2 is 2.54 bits per heavy atom. The number of carbonyl (C=O) groups excluding carboxylic acids is 1. The summed E-state index contributed by atoms with van der Waals surface area (Å²) in [6, 6.07) is 0. The van der Waals surface area contributed by atoms with Crippen LogP contribution in [0, 0.1) is 0 Å². The molecule has 1 aliphatic rings. The zero-order chi connectivity index (χ0) is 9.68. The average Bonchev–Trinajstić information content (AvgIpc) is 2.30. The highest BCUT2D eigenvalue weighted by Gasteiger charge is 2.15. The fraction of sp³-hybridized carbons (Fsp3) is 0.750. The van der Waals surface area contributed by atoms with Gasteiger partial charge in [0, 0.05) is 19.6 Å². The fourth-order valence-electron chi connectivity index (χ4n) is 1.24. The van der Waals surface area contributed by atoms with E-state index < -0.39 is 0 Å². The van der Waals surface area contributed by atoms with Crippen LogP contribution in [0.5, 0.6) is 0 Å². The molecule has 0 bridgehead atoms. The second-order valence-electron chi connectivity index (χ2n) is 2.96. The van der Waals surface area contributed by atoms with Gasteiger partial charge < -0.3 is 15.5 Å². The Bertz CT molecular complexity index is 208. The number of amides is 1. The monoisotopic (exact) mass is 201 g/mol. The molecule has 0 radical (unpaired) electrons. The first-order chi connectivity index (χ1) is 6.24. The number of hydrogen-bond donors (Lipinski definition) is 2. The minimum atomic E-state index is 0.0535. The molecule has 0 aromatic carbocycles. The van der Waals surface area contributed by atoms with Gasteiger partial charge in [0.05, 0.1) is 6.54 Å². The lowest BCUT2D eigenvalue weighted by Gasteiger charge is -2.21. The van der Waals surface area contributed by atoms with Gasteiger partial charge in [0.25, 0.3) is 0 Å². The highest BCUT2D eigenvalue weighted by Crippen LogP contribution is 1.96. The summed E-state index contributed by atoms with van der Waals surface area (Å²) in [4.78, 5) is 13.1.